The van der Waals surface area contributed by atoms with Crippen molar-refractivity contribution in [1.29, 1.82) is 0 Å². The van der Waals surface area contributed by atoms with Crippen molar-refractivity contribution in [3.05, 3.63) is 0 Å². The molecule has 1 rings (SSSR count). The average Bonchev–Trinajstić information content (AvgIpc) is 2.26. The van der Waals surface area contributed by atoms with Crippen molar-refractivity contribution in [2.75, 3.05) is 13.2 Å². The number of nitrogens with one attached hydrogen (secondary N) is 1. The summed E-state index contributed by atoms with van der Waals surface area (Å²) in [6, 6.07) is -0.376. The SMILES string of the molecule is CCCCC(N)C(=O)NC1(C)CCCOC1. The molecule has 0 aromatic rings. The van der Waals surface area contributed by atoms with Crippen LogP contribution >= 0.6 is 0 Å². The molecule has 4 heteroatoms. The van der Waals surface area contributed by atoms with E-state index in [9.17, 15) is 4.79 Å². The minimum atomic E-state index is -0.376. The third-order valence-corrected chi connectivity index (χ3v) is 3.07. The molecule has 94 valence electrons. The fraction of sp³-hybridized carbons (Fsp3) is 0.917. The third kappa shape index (κ3) is 4.10. The number of amides is 1. The first kappa shape index (κ1) is 13.5. The highest BCUT2D eigenvalue weighted by Crippen LogP contribution is 2.18. The normalized spacial score (nSPS) is 27.4. The van der Waals surface area contributed by atoms with Crippen molar-refractivity contribution in [1.82, 2.24) is 5.32 Å². The monoisotopic (exact) mass is 228 g/mol. The summed E-state index contributed by atoms with van der Waals surface area (Å²) in [5, 5.41) is 3.01. The Bertz CT molecular complexity index is 225. The molecule has 1 amide bonds. The van der Waals surface area contributed by atoms with Gasteiger partial charge in [0.1, 0.15) is 0 Å². The Kier molecular flexibility index (Phi) is 5.22. The molecule has 0 aromatic heterocycles. The molecule has 2 unspecified atom stereocenters. The first-order valence-electron chi connectivity index (χ1n) is 6.23. The highest BCUT2D eigenvalue weighted by molar-refractivity contribution is 5.82. The smallest absolute Gasteiger partial charge is 0.237 e. The maximum absolute atomic E-state index is 11.8. The molecule has 0 spiro atoms. The molecule has 1 heterocycles. The van der Waals surface area contributed by atoms with Crippen LogP contribution in [0.5, 0.6) is 0 Å². The second-order valence-electron chi connectivity index (χ2n) is 4.95. The molecule has 4 nitrogen and oxygen atoms in total. The molecule has 0 radical (unpaired) electrons. The largest absolute Gasteiger partial charge is 0.379 e. The van der Waals surface area contributed by atoms with Gasteiger partial charge in [-0.05, 0) is 26.2 Å². The number of carbonyl (C=O) groups excluding carboxylic acids is 1. The van der Waals surface area contributed by atoms with E-state index >= 15 is 0 Å². The van der Waals surface area contributed by atoms with Gasteiger partial charge in [-0.3, -0.25) is 4.79 Å². The van der Waals surface area contributed by atoms with Gasteiger partial charge in [-0.25, -0.2) is 0 Å². The van der Waals surface area contributed by atoms with Crippen LogP contribution in [0.1, 0.15) is 46.0 Å². The van der Waals surface area contributed by atoms with Gasteiger partial charge in [0.25, 0.3) is 0 Å². The van der Waals surface area contributed by atoms with Crippen LogP contribution in [0.2, 0.25) is 0 Å². The van der Waals surface area contributed by atoms with Gasteiger partial charge in [-0.15, -0.1) is 0 Å². The van der Waals surface area contributed by atoms with Gasteiger partial charge in [0.2, 0.25) is 5.91 Å². The van der Waals surface area contributed by atoms with Gasteiger partial charge in [-0.1, -0.05) is 19.8 Å². The highest BCUT2D eigenvalue weighted by atomic mass is 16.5. The summed E-state index contributed by atoms with van der Waals surface area (Å²) in [7, 11) is 0. The molecular formula is C12H24N2O2. The van der Waals surface area contributed by atoms with E-state index in [2.05, 4.69) is 12.2 Å². The Balaban J connectivity index is 2.36. The zero-order chi connectivity index (χ0) is 12.0. The quantitative estimate of drug-likeness (QED) is 0.743. The van der Waals surface area contributed by atoms with Crippen LogP contribution in [0.15, 0.2) is 0 Å². The maximum Gasteiger partial charge on any atom is 0.237 e. The number of unbranched alkanes of at least 4 members (excludes halogenated alkanes) is 1. The lowest BCUT2D eigenvalue weighted by Gasteiger charge is -2.35. The van der Waals surface area contributed by atoms with Crippen molar-refractivity contribution >= 4 is 5.91 Å². The Morgan fingerprint density at radius 2 is 2.38 bits per heavy atom. The van der Waals surface area contributed by atoms with Gasteiger partial charge in [0.05, 0.1) is 18.2 Å². The summed E-state index contributed by atoms with van der Waals surface area (Å²) >= 11 is 0. The van der Waals surface area contributed by atoms with Crippen molar-refractivity contribution in [2.45, 2.75) is 57.5 Å². The Hall–Kier alpha value is -0.610. The van der Waals surface area contributed by atoms with Crippen LogP contribution in [-0.2, 0) is 9.53 Å². The van der Waals surface area contributed by atoms with Crippen molar-refractivity contribution in [3.63, 3.8) is 0 Å². The van der Waals surface area contributed by atoms with Gasteiger partial charge < -0.3 is 15.8 Å². The lowest BCUT2D eigenvalue weighted by atomic mass is 9.94. The standard InChI is InChI=1S/C12H24N2O2/c1-3-4-6-10(13)11(15)14-12(2)7-5-8-16-9-12/h10H,3-9,13H2,1-2H3,(H,14,15). The summed E-state index contributed by atoms with van der Waals surface area (Å²) in [5.41, 5.74) is 5.60. The molecule has 1 aliphatic heterocycles. The second-order valence-corrected chi connectivity index (χ2v) is 4.95. The van der Waals surface area contributed by atoms with E-state index in [4.69, 9.17) is 10.5 Å². The van der Waals surface area contributed by atoms with Gasteiger partial charge in [0, 0.05) is 6.61 Å². The van der Waals surface area contributed by atoms with E-state index in [0.29, 0.717) is 6.61 Å². The number of hydrogen-bond donors (Lipinski definition) is 2. The molecule has 0 saturated carbocycles. The second kappa shape index (κ2) is 6.21. The zero-order valence-corrected chi connectivity index (χ0v) is 10.4. The number of ether oxygens (including phenoxy) is 1. The first-order chi connectivity index (χ1) is 7.57. The van der Waals surface area contributed by atoms with E-state index in [1.807, 2.05) is 6.92 Å². The lowest BCUT2D eigenvalue weighted by molar-refractivity contribution is -0.126. The van der Waals surface area contributed by atoms with E-state index in [-0.39, 0.29) is 17.5 Å². The first-order valence-corrected chi connectivity index (χ1v) is 6.23. The minimum absolute atomic E-state index is 0.0403. The molecule has 1 saturated heterocycles. The predicted octanol–water partition coefficient (Wildman–Crippen LogP) is 1.19. The molecule has 1 fully saturated rings. The molecule has 0 aromatic carbocycles. The number of rotatable bonds is 5. The zero-order valence-electron chi connectivity index (χ0n) is 10.4. The van der Waals surface area contributed by atoms with Crippen LogP contribution < -0.4 is 11.1 Å². The number of hydrogen-bond acceptors (Lipinski definition) is 3. The van der Waals surface area contributed by atoms with Crippen LogP contribution in [0.25, 0.3) is 0 Å². The molecule has 16 heavy (non-hydrogen) atoms. The summed E-state index contributed by atoms with van der Waals surface area (Å²) in [6.07, 6.45) is 4.81. The van der Waals surface area contributed by atoms with E-state index in [0.717, 1.165) is 38.7 Å². The van der Waals surface area contributed by atoms with E-state index < -0.39 is 0 Å². The summed E-state index contributed by atoms with van der Waals surface area (Å²) < 4.78 is 5.39. The lowest BCUT2D eigenvalue weighted by Crippen LogP contribution is -2.55. The summed E-state index contributed by atoms with van der Waals surface area (Å²) in [6.45, 7) is 5.52. The van der Waals surface area contributed by atoms with Crippen LogP contribution in [0, 0.1) is 0 Å². The van der Waals surface area contributed by atoms with Gasteiger partial charge in [0.15, 0.2) is 0 Å². The maximum atomic E-state index is 11.8. The summed E-state index contributed by atoms with van der Waals surface area (Å²) in [4.78, 5) is 11.8. The molecule has 0 bridgehead atoms. The van der Waals surface area contributed by atoms with E-state index in [1.165, 1.54) is 0 Å². The Morgan fingerprint density at radius 1 is 1.62 bits per heavy atom. The van der Waals surface area contributed by atoms with Crippen LogP contribution in [-0.4, -0.2) is 30.7 Å². The van der Waals surface area contributed by atoms with Gasteiger partial charge in [-0.2, -0.15) is 0 Å². The molecule has 0 aliphatic carbocycles. The third-order valence-electron chi connectivity index (χ3n) is 3.07. The number of nitrogens with two attached hydrogens (primary N) is 1. The molecule has 3 N–H and O–H groups in total. The highest BCUT2D eigenvalue weighted by Gasteiger charge is 2.30. The van der Waals surface area contributed by atoms with Gasteiger partial charge >= 0.3 is 0 Å². The Morgan fingerprint density at radius 3 is 2.94 bits per heavy atom. The fourth-order valence-corrected chi connectivity index (χ4v) is 1.98. The van der Waals surface area contributed by atoms with Crippen LogP contribution in [0.3, 0.4) is 0 Å². The van der Waals surface area contributed by atoms with E-state index in [1.54, 1.807) is 0 Å². The van der Waals surface area contributed by atoms with Crippen molar-refractivity contribution < 1.29 is 9.53 Å². The summed E-state index contributed by atoms with van der Waals surface area (Å²) in [5.74, 6) is -0.0403. The predicted molar refractivity (Wildman–Crippen MR) is 64.1 cm³/mol. The fourth-order valence-electron chi connectivity index (χ4n) is 1.98. The molecule has 2 atom stereocenters. The number of carbonyl (C=O) groups is 1. The van der Waals surface area contributed by atoms with Crippen molar-refractivity contribution in [2.24, 2.45) is 5.73 Å². The van der Waals surface area contributed by atoms with Crippen LogP contribution in [0.4, 0.5) is 0 Å². The van der Waals surface area contributed by atoms with Crippen molar-refractivity contribution in [3.8, 4) is 0 Å². The Labute approximate surface area is 97.9 Å². The minimum Gasteiger partial charge on any atom is -0.379 e. The average molecular weight is 228 g/mol. The molecule has 1 aliphatic rings. The molecular weight excluding hydrogens is 204 g/mol. The topological polar surface area (TPSA) is 64.4 Å².